The van der Waals surface area contributed by atoms with E-state index in [1.165, 1.54) is 6.92 Å². The largest absolute Gasteiger partial charge is 0.351 e. The number of carbonyl (C=O) groups is 1. The first-order chi connectivity index (χ1) is 16.9. The molecule has 176 valence electrons. The standard InChI is InChI=1S/C27H24ClN5OS/c1-17-16-21(12-13-22(17)28)32-15-5-7-24(32)26-25(23-6-3-4-14-29-23)31-27(35)33(26)20-10-8-19(9-11-20)30-18(2)34/h3-16,25-26H,1-2H3,(H,30,34)(H,31,35)/t25-,26+/m1/s1. The summed E-state index contributed by atoms with van der Waals surface area (Å²) in [6.45, 7) is 3.49. The van der Waals surface area contributed by atoms with Crippen molar-refractivity contribution in [3.05, 3.63) is 107 Å². The van der Waals surface area contributed by atoms with Crippen molar-refractivity contribution in [2.24, 2.45) is 0 Å². The molecule has 0 aliphatic carbocycles. The minimum atomic E-state index is -0.171. The number of hydrogen-bond donors (Lipinski definition) is 2. The Kier molecular flexibility index (Phi) is 6.28. The Morgan fingerprint density at radius 1 is 1.06 bits per heavy atom. The minimum Gasteiger partial charge on any atom is -0.351 e. The number of carbonyl (C=O) groups excluding carboxylic acids is 1. The van der Waals surface area contributed by atoms with Crippen LogP contribution in [0.15, 0.2) is 85.2 Å². The molecule has 1 fully saturated rings. The van der Waals surface area contributed by atoms with E-state index in [9.17, 15) is 4.79 Å². The molecule has 1 aliphatic heterocycles. The third-order valence-electron chi connectivity index (χ3n) is 6.07. The van der Waals surface area contributed by atoms with Crippen molar-refractivity contribution in [2.45, 2.75) is 25.9 Å². The molecule has 0 unspecified atom stereocenters. The number of aromatic nitrogens is 2. The highest BCUT2D eigenvalue weighted by atomic mass is 35.5. The molecule has 2 atom stereocenters. The monoisotopic (exact) mass is 501 g/mol. The van der Waals surface area contributed by atoms with Gasteiger partial charge in [0.2, 0.25) is 5.91 Å². The molecule has 3 heterocycles. The summed E-state index contributed by atoms with van der Waals surface area (Å²) in [7, 11) is 0. The molecule has 1 amide bonds. The first-order valence-corrected chi connectivity index (χ1v) is 12.0. The first-order valence-electron chi connectivity index (χ1n) is 11.2. The maximum Gasteiger partial charge on any atom is 0.221 e. The van der Waals surface area contributed by atoms with Crippen molar-refractivity contribution in [2.75, 3.05) is 10.2 Å². The van der Waals surface area contributed by atoms with Gasteiger partial charge in [-0.1, -0.05) is 17.7 Å². The number of nitrogens with one attached hydrogen (secondary N) is 2. The highest BCUT2D eigenvalue weighted by Gasteiger charge is 2.42. The van der Waals surface area contributed by atoms with E-state index < -0.39 is 0 Å². The van der Waals surface area contributed by atoms with Gasteiger partial charge in [-0.2, -0.15) is 0 Å². The molecule has 1 aliphatic rings. The zero-order valence-corrected chi connectivity index (χ0v) is 20.8. The van der Waals surface area contributed by atoms with Crippen LogP contribution in [0.2, 0.25) is 5.02 Å². The van der Waals surface area contributed by atoms with Gasteiger partial charge >= 0.3 is 0 Å². The molecule has 2 aromatic heterocycles. The van der Waals surface area contributed by atoms with Crippen LogP contribution in [0.25, 0.3) is 5.69 Å². The van der Waals surface area contributed by atoms with Gasteiger partial charge in [-0.15, -0.1) is 0 Å². The second-order valence-electron chi connectivity index (χ2n) is 8.46. The molecule has 1 saturated heterocycles. The van der Waals surface area contributed by atoms with Gasteiger partial charge < -0.3 is 20.1 Å². The molecule has 5 rings (SSSR count). The summed E-state index contributed by atoms with van der Waals surface area (Å²) in [6.07, 6.45) is 3.84. The van der Waals surface area contributed by atoms with E-state index in [4.69, 9.17) is 23.8 Å². The van der Waals surface area contributed by atoms with Crippen molar-refractivity contribution in [3.8, 4) is 5.69 Å². The van der Waals surface area contributed by atoms with E-state index in [-0.39, 0.29) is 18.0 Å². The smallest absolute Gasteiger partial charge is 0.221 e. The van der Waals surface area contributed by atoms with Crippen LogP contribution in [-0.2, 0) is 4.79 Å². The lowest BCUT2D eigenvalue weighted by Crippen LogP contribution is -2.30. The van der Waals surface area contributed by atoms with Gasteiger partial charge in [-0.3, -0.25) is 9.78 Å². The topological polar surface area (TPSA) is 62.2 Å². The Labute approximate surface area is 214 Å². The average Bonchev–Trinajstić information content (AvgIpc) is 3.46. The van der Waals surface area contributed by atoms with Gasteiger partial charge in [0, 0.05) is 47.1 Å². The number of pyridine rings is 1. The molecular weight excluding hydrogens is 478 g/mol. The number of aryl methyl sites for hydroxylation is 1. The van der Waals surface area contributed by atoms with E-state index in [0.29, 0.717) is 5.11 Å². The highest BCUT2D eigenvalue weighted by molar-refractivity contribution is 7.80. The van der Waals surface area contributed by atoms with E-state index in [1.807, 2.05) is 73.8 Å². The number of benzene rings is 2. The maximum absolute atomic E-state index is 11.5. The maximum atomic E-state index is 11.5. The number of anilines is 2. The molecule has 4 aromatic rings. The fraction of sp³-hybridized carbons (Fsp3) is 0.148. The summed E-state index contributed by atoms with van der Waals surface area (Å²) in [5, 5.41) is 7.65. The second-order valence-corrected chi connectivity index (χ2v) is 9.26. The van der Waals surface area contributed by atoms with E-state index >= 15 is 0 Å². The Hall–Kier alpha value is -3.68. The molecule has 6 nitrogen and oxygen atoms in total. The highest BCUT2D eigenvalue weighted by Crippen LogP contribution is 2.42. The van der Waals surface area contributed by atoms with Crippen molar-refractivity contribution in [3.63, 3.8) is 0 Å². The molecule has 2 aromatic carbocycles. The third-order valence-corrected chi connectivity index (χ3v) is 6.81. The number of hydrogen-bond acceptors (Lipinski definition) is 3. The summed E-state index contributed by atoms with van der Waals surface area (Å²) in [5.41, 5.74) is 5.64. The number of amides is 1. The average molecular weight is 502 g/mol. The van der Waals surface area contributed by atoms with Crippen LogP contribution in [0.3, 0.4) is 0 Å². The van der Waals surface area contributed by atoms with Crippen molar-refractivity contribution in [1.29, 1.82) is 0 Å². The zero-order valence-electron chi connectivity index (χ0n) is 19.3. The van der Waals surface area contributed by atoms with E-state index in [2.05, 4.69) is 37.2 Å². The Balaban J connectivity index is 1.62. The predicted octanol–water partition coefficient (Wildman–Crippen LogP) is 5.97. The molecule has 0 bridgehead atoms. The molecule has 0 spiro atoms. The molecule has 0 saturated carbocycles. The number of nitrogens with zero attached hydrogens (tertiary/aromatic N) is 3. The molecule has 2 N–H and O–H groups in total. The van der Waals surface area contributed by atoms with Crippen LogP contribution in [0.4, 0.5) is 11.4 Å². The van der Waals surface area contributed by atoms with Crippen LogP contribution < -0.4 is 15.5 Å². The summed E-state index contributed by atoms with van der Waals surface area (Å²) < 4.78 is 2.16. The fourth-order valence-corrected chi connectivity index (χ4v) is 4.95. The first kappa shape index (κ1) is 23.1. The molecule has 35 heavy (non-hydrogen) atoms. The number of thiocarbonyl (C=S) groups is 1. The number of halogens is 1. The zero-order chi connectivity index (χ0) is 24.5. The molecule has 8 heteroatoms. The lowest BCUT2D eigenvalue weighted by molar-refractivity contribution is -0.114. The number of rotatable bonds is 5. The van der Waals surface area contributed by atoms with Gasteiger partial charge in [0.1, 0.15) is 6.04 Å². The van der Waals surface area contributed by atoms with Crippen LogP contribution in [0.5, 0.6) is 0 Å². The van der Waals surface area contributed by atoms with Gasteiger partial charge in [0.25, 0.3) is 0 Å². The van der Waals surface area contributed by atoms with Crippen LogP contribution in [-0.4, -0.2) is 20.6 Å². The Bertz CT molecular complexity index is 1390. The van der Waals surface area contributed by atoms with Gasteiger partial charge in [0.05, 0.1) is 11.7 Å². The van der Waals surface area contributed by atoms with Gasteiger partial charge in [-0.25, -0.2) is 0 Å². The summed E-state index contributed by atoms with van der Waals surface area (Å²) in [6, 6.07) is 23.4. The normalized spacial score (nSPS) is 17.3. The van der Waals surface area contributed by atoms with Crippen LogP contribution >= 0.6 is 23.8 Å². The Morgan fingerprint density at radius 3 is 2.51 bits per heavy atom. The quantitative estimate of drug-likeness (QED) is 0.330. The lowest BCUT2D eigenvalue weighted by atomic mass is 10.0. The lowest BCUT2D eigenvalue weighted by Gasteiger charge is -2.29. The van der Waals surface area contributed by atoms with Gasteiger partial charge in [0.15, 0.2) is 5.11 Å². The van der Waals surface area contributed by atoms with Crippen LogP contribution in [0, 0.1) is 6.92 Å². The van der Waals surface area contributed by atoms with Crippen molar-refractivity contribution < 1.29 is 4.79 Å². The second kappa shape index (κ2) is 9.52. The Morgan fingerprint density at radius 2 is 1.83 bits per heavy atom. The fourth-order valence-electron chi connectivity index (χ4n) is 4.49. The van der Waals surface area contributed by atoms with Crippen molar-refractivity contribution >= 4 is 46.2 Å². The van der Waals surface area contributed by atoms with E-state index in [1.54, 1.807) is 6.20 Å². The molecule has 0 radical (unpaired) electrons. The van der Waals surface area contributed by atoms with E-state index in [0.717, 1.165) is 39.0 Å². The SMILES string of the molecule is CC(=O)Nc1ccc(N2C(=S)N[C@H](c3ccccn3)[C@@H]2c2cccn2-c2ccc(Cl)c(C)c2)cc1. The summed E-state index contributed by atoms with van der Waals surface area (Å²) >= 11 is 12.1. The summed E-state index contributed by atoms with van der Waals surface area (Å²) in [5.74, 6) is -0.111. The molecular formula is C27H24ClN5OS. The van der Waals surface area contributed by atoms with Crippen LogP contribution in [0.1, 0.15) is 36.0 Å². The predicted molar refractivity (Wildman–Crippen MR) is 144 cm³/mol. The van der Waals surface area contributed by atoms with Crippen molar-refractivity contribution in [1.82, 2.24) is 14.9 Å². The third kappa shape index (κ3) is 4.52. The van der Waals surface area contributed by atoms with Gasteiger partial charge in [-0.05, 0) is 91.4 Å². The minimum absolute atomic E-state index is 0.111. The summed E-state index contributed by atoms with van der Waals surface area (Å²) in [4.78, 5) is 18.2.